The molecule has 0 radical (unpaired) electrons. The molecule has 3 aromatic carbocycles. The highest BCUT2D eigenvalue weighted by atomic mass is 35.5. The van der Waals surface area contributed by atoms with Gasteiger partial charge in [-0.3, -0.25) is 13.9 Å². The van der Waals surface area contributed by atoms with Crippen LogP contribution in [0.15, 0.2) is 72.8 Å². The van der Waals surface area contributed by atoms with Gasteiger partial charge in [-0.2, -0.15) is 0 Å². The summed E-state index contributed by atoms with van der Waals surface area (Å²) < 4.78 is 37.9. The zero-order chi connectivity index (χ0) is 30.7. The van der Waals surface area contributed by atoms with Crippen molar-refractivity contribution in [2.45, 2.75) is 38.8 Å². The van der Waals surface area contributed by atoms with Crippen molar-refractivity contribution in [3.05, 3.63) is 88.9 Å². The number of ether oxygens (including phenoxy) is 2. The van der Waals surface area contributed by atoms with E-state index in [4.69, 9.17) is 21.1 Å². The number of rotatable bonds is 15. The van der Waals surface area contributed by atoms with Gasteiger partial charge in [0.05, 0.1) is 26.2 Å². The molecule has 0 bridgehead atoms. The lowest BCUT2D eigenvalue weighted by Gasteiger charge is -2.33. The summed E-state index contributed by atoms with van der Waals surface area (Å²) >= 11 is 6.25. The van der Waals surface area contributed by atoms with Crippen LogP contribution in [0.1, 0.15) is 30.9 Å². The van der Waals surface area contributed by atoms with Gasteiger partial charge >= 0.3 is 0 Å². The van der Waals surface area contributed by atoms with Crippen LogP contribution >= 0.6 is 11.6 Å². The zero-order valence-corrected chi connectivity index (χ0v) is 26.0. The summed E-state index contributed by atoms with van der Waals surface area (Å²) in [4.78, 5) is 29.3. The van der Waals surface area contributed by atoms with Gasteiger partial charge in [0, 0.05) is 30.6 Å². The van der Waals surface area contributed by atoms with Crippen molar-refractivity contribution in [2.24, 2.45) is 0 Å². The molecule has 0 heterocycles. The van der Waals surface area contributed by atoms with Gasteiger partial charge in [-0.05, 0) is 41.8 Å². The van der Waals surface area contributed by atoms with Crippen LogP contribution in [0.5, 0.6) is 11.5 Å². The van der Waals surface area contributed by atoms with Gasteiger partial charge in [-0.1, -0.05) is 67.4 Å². The Kier molecular flexibility index (Phi) is 12.1. The predicted molar refractivity (Wildman–Crippen MR) is 166 cm³/mol. The van der Waals surface area contributed by atoms with E-state index in [9.17, 15) is 18.0 Å². The highest BCUT2D eigenvalue weighted by Gasteiger charge is 2.33. The first-order valence-corrected chi connectivity index (χ1v) is 15.8. The zero-order valence-electron chi connectivity index (χ0n) is 24.4. The molecule has 1 N–H and O–H groups in total. The quantitative estimate of drug-likeness (QED) is 0.249. The topological polar surface area (TPSA) is 105 Å². The van der Waals surface area contributed by atoms with Gasteiger partial charge < -0.3 is 19.7 Å². The Balaban J connectivity index is 2.09. The maximum Gasteiger partial charge on any atom is 0.244 e. The molecule has 11 heteroatoms. The second-order valence-corrected chi connectivity index (χ2v) is 12.2. The maximum absolute atomic E-state index is 14.2. The number of halogens is 1. The molecule has 0 aliphatic heterocycles. The summed E-state index contributed by atoms with van der Waals surface area (Å²) in [6.07, 6.45) is 2.91. The fourth-order valence-corrected chi connectivity index (χ4v) is 5.54. The number of methoxy groups -OCH3 is 2. The largest absolute Gasteiger partial charge is 0.497 e. The smallest absolute Gasteiger partial charge is 0.244 e. The SMILES string of the molecule is CCCCNC(=O)C(Cc1ccccc1)N(Cc1cccc(Cl)c1)C(=O)CN(c1cc(OC)ccc1OC)S(C)(=O)=O. The number of nitrogens with one attached hydrogen (secondary N) is 1. The number of hydrogen-bond acceptors (Lipinski definition) is 6. The molecule has 0 spiro atoms. The third kappa shape index (κ3) is 9.12. The summed E-state index contributed by atoms with van der Waals surface area (Å²) in [6.45, 7) is 1.94. The van der Waals surface area contributed by atoms with Crippen LogP contribution in [0, 0.1) is 0 Å². The van der Waals surface area contributed by atoms with Crippen LogP contribution in [0.2, 0.25) is 5.02 Å². The molecule has 1 atom stereocenters. The molecule has 42 heavy (non-hydrogen) atoms. The van der Waals surface area contributed by atoms with Crippen molar-refractivity contribution in [2.75, 3.05) is 37.9 Å². The highest BCUT2D eigenvalue weighted by molar-refractivity contribution is 7.92. The monoisotopic (exact) mass is 615 g/mol. The average Bonchev–Trinajstić information content (AvgIpc) is 2.97. The fraction of sp³-hybridized carbons (Fsp3) is 0.355. The number of hydrogen-bond donors (Lipinski definition) is 1. The molecule has 3 aromatic rings. The molecule has 0 saturated heterocycles. The van der Waals surface area contributed by atoms with E-state index < -0.39 is 28.5 Å². The van der Waals surface area contributed by atoms with Crippen LogP contribution in [0.3, 0.4) is 0 Å². The lowest BCUT2D eigenvalue weighted by Crippen LogP contribution is -2.53. The first-order chi connectivity index (χ1) is 20.1. The van der Waals surface area contributed by atoms with E-state index in [-0.39, 0.29) is 30.3 Å². The van der Waals surface area contributed by atoms with Gasteiger partial charge in [0.25, 0.3) is 0 Å². The number of carbonyl (C=O) groups is 2. The standard InChI is InChI=1S/C31H38ClN3O6S/c1-5-6-17-33-31(37)28(19-23-11-8-7-9-12-23)34(21-24-13-10-14-25(32)18-24)30(36)22-35(42(4,38)39)27-20-26(40-2)15-16-29(27)41-3/h7-16,18,20,28H,5-6,17,19,21-22H2,1-4H3,(H,33,37). The van der Waals surface area contributed by atoms with E-state index in [1.54, 1.807) is 36.4 Å². The van der Waals surface area contributed by atoms with E-state index in [0.29, 0.717) is 22.9 Å². The second kappa shape index (κ2) is 15.5. The normalized spacial score (nSPS) is 11.8. The summed E-state index contributed by atoms with van der Waals surface area (Å²) in [7, 11) is -1.11. The Morgan fingerprint density at radius 3 is 2.29 bits per heavy atom. The van der Waals surface area contributed by atoms with Crippen molar-refractivity contribution < 1.29 is 27.5 Å². The second-order valence-electron chi connectivity index (χ2n) is 9.81. The number of carbonyl (C=O) groups excluding carboxylic acids is 2. The average molecular weight is 616 g/mol. The molecule has 0 aliphatic rings. The highest BCUT2D eigenvalue weighted by Crippen LogP contribution is 2.34. The number of amides is 2. The molecule has 1 unspecified atom stereocenters. The molecule has 0 aliphatic carbocycles. The van der Waals surface area contributed by atoms with E-state index in [1.165, 1.54) is 25.2 Å². The Hall–Kier alpha value is -3.76. The van der Waals surface area contributed by atoms with Crippen molar-refractivity contribution >= 4 is 39.1 Å². The summed E-state index contributed by atoms with van der Waals surface area (Å²) in [5.41, 5.74) is 1.69. The van der Waals surface area contributed by atoms with E-state index in [2.05, 4.69) is 5.32 Å². The third-order valence-corrected chi connectivity index (χ3v) is 8.04. The summed E-state index contributed by atoms with van der Waals surface area (Å²) in [5, 5.41) is 3.44. The molecule has 0 saturated carbocycles. The third-order valence-electron chi connectivity index (χ3n) is 6.68. The van der Waals surface area contributed by atoms with Gasteiger partial charge in [0.1, 0.15) is 24.1 Å². The minimum atomic E-state index is -3.98. The van der Waals surface area contributed by atoms with E-state index in [0.717, 1.165) is 29.0 Å². The molecular formula is C31H38ClN3O6S. The predicted octanol–water partition coefficient (Wildman–Crippen LogP) is 4.68. The first-order valence-electron chi connectivity index (χ1n) is 13.6. The van der Waals surface area contributed by atoms with Crippen LogP contribution < -0.4 is 19.1 Å². The number of benzene rings is 3. The number of unbranched alkanes of at least 4 members (excludes halogenated alkanes) is 1. The molecular weight excluding hydrogens is 578 g/mol. The van der Waals surface area contributed by atoms with Crippen LogP contribution in [-0.4, -0.2) is 64.7 Å². The molecule has 0 aromatic heterocycles. The van der Waals surface area contributed by atoms with Crippen LogP contribution in [0.4, 0.5) is 5.69 Å². The van der Waals surface area contributed by atoms with Gasteiger partial charge in [0.2, 0.25) is 21.8 Å². The molecule has 3 rings (SSSR count). The molecule has 226 valence electrons. The Bertz CT molecular complexity index is 1450. The minimum absolute atomic E-state index is 0.0327. The van der Waals surface area contributed by atoms with Crippen LogP contribution in [0.25, 0.3) is 0 Å². The molecule has 0 fully saturated rings. The minimum Gasteiger partial charge on any atom is -0.497 e. The number of nitrogens with zero attached hydrogens (tertiary/aromatic N) is 2. The molecule has 9 nitrogen and oxygen atoms in total. The first kappa shape index (κ1) is 32.8. The van der Waals surface area contributed by atoms with Crippen molar-refractivity contribution in [3.8, 4) is 11.5 Å². The van der Waals surface area contributed by atoms with E-state index in [1.807, 2.05) is 37.3 Å². The van der Waals surface area contributed by atoms with Crippen molar-refractivity contribution in [3.63, 3.8) is 0 Å². The van der Waals surface area contributed by atoms with Gasteiger partial charge in [0.15, 0.2) is 0 Å². The maximum atomic E-state index is 14.2. The fourth-order valence-electron chi connectivity index (χ4n) is 4.48. The molecule has 2 amide bonds. The van der Waals surface area contributed by atoms with E-state index >= 15 is 0 Å². The van der Waals surface area contributed by atoms with Crippen molar-refractivity contribution in [1.29, 1.82) is 0 Å². The lowest BCUT2D eigenvalue weighted by molar-refractivity contribution is -0.140. The Morgan fingerprint density at radius 2 is 1.67 bits per heavy atom. The summed E-state index contributed by atoms with van der Waals surface area (Å²) in [6, 6.07) is 20.2. The van der Waals surface area contributed by atoms with Crippen LogP contribution in [-0.2, 0) is 32.6 Å². The summed E-state index contributed by atoms with van der Waals surface area (Å²) in [5.74, 6) is -0.266. The number of sulfonamides is 1. The Morgan fingerprint density at radius 1 is 0.952 bits per heavy atom. The van der Waals surface area contributed by atoms with Gasteiger partial charge in [-0.15, -0.1) is 0 Å². The van der Waals surface area contributed by atoms with Crippen molar-refractivity contribution in [1.82, 2.24) is 10.2 Å². The lowest BCUT2D eigenvalue weighted by atomic mass is 10.0. The Labute approximate surface area is 253 Å². The van der Waals surface area contributed by atoms with Gasteiger partial charge in [-0.25, -0.2) is 8.42 Å². The number of anilines is 1.